The molecule has 0 saturated heterocycles. The Morgan fingerprint density at radius 3 is 2.56 bits per heavy atom. The maximum atomic E-state index is 13.2. The van der Waals surface area contributed by atoms with Gasteiger partial charge in [-0.15, -0.1) is 0 Å². The molecule has 0 amide bonds. The Bertz CT molecular complexity index is 1460. The van der Waals surface area contributed by atoms with Gasteiger partial charge in [0.15, 0.2) is 11.6 Å². The van der Waals surface area contributed by atoms with E-state index in [0.29, 0.717) is 11.1 Å². The molecule has 5 nitrogen and oxygen atoms in total. The van der Waals surface area contributed by atoms with Crippen molar-refractivity contribution in [2.45, 2.75) is 47.5 Å². The summed E-state index contributed by atoms with van der Waals surface area (Å²) in [5.74, 6) is -0.261. The third-order valence-electron chi connectivity index (χ3n) is 6.18. The van der Waals surface area contributed by atoms with Crippen LogP contribution in [0.15, 0.2) is 42.7 Å². The third kappa shape index (κ3) is 3.20. The summed E-state index contributed by atoms with van der Waals surface area (Å²) in [5, 5.41) is 5.62. The van der Waals surface area contributed by atoms with E-state index in [1.807, 2.05) is 49.0 Å². The number of carbonyl (C=O) groups excluding carboxylic acids is 2. The quantitative estimate of drug-likeness (QED) is 0.442. The minimum Gasteiger partial charge on any atom is -0.360 e. The number of allylic oxidation sites excluding steroid dienone is 2. The maximum Gasteiger partial charge on any atom is 0.172 e. The molecule has 0 spiro atoms. The van der Waals surface area contributed by atoms with Gasteiger partial charge < -0.3 is 4.98 Å². The van der Waals surface area contributed by atoms with Crippen LogP contribution in [0.5, 0.6) is 0 Å². The van der Waals surface area contributed by atoms with Crippen LogP contribution in [0, 0.1) is 19.3 Å². The van der Waals surface area contributed by atoms with Crippen molar-refractivity contribution >= 4 is 39.1 Å². The number of carbonyl (C=O) groups is 2. The number of pyridine rings is 1. The van der Waals surface area contributed by atoms with Gasteiger partial charge in [-0.1, -0.05) is 39.0 Å². The Hall–Kier alpha value is -3.47. The standard InChI is InChI=1S/C27H27N3O2/c1-15-7-6-8-18-19(14-28-26(15)18)24-21(31)12-22(32)25(24)23-16(2)29-30-10-9-17(11-20(23)30)13-27(3,4)5/h6-11,14,28H,12-13H2,1-5H3. The van der Waals surface area contributed by atoms with Crippen molar-refractivity contribution in [3.63, 3.8) is 0 Å². The molecule has 5 heteroatoms. The lowest BCUT2D eigenvalue weighted by Gasteiger charge is -2.18. The second kappa shape index (κ2) is 7.02. The average Bonchev–Trinajstić information content (AvgIpc) is 3.33. The highest BCUT2D eigenvalue weighted by Crippen LogP contribution is 2.41. The third-order valence-corrected chi connectivity index (χ3v) is 6.18. The van der Waals surface area contributed by atoms with Crippen molar-refractivity contribution < 1.29 is 9.59 Å². The van der Waals surface area contributed by atoms with E-state index in [2.05, 4.69) is 43.0 Å². The Morgan fingerprint density at radius 2 is 1.81 bits per heavy atom. The maximum absolute atomic E-state index is 13.2. The first kappa shape index (κ1) is 20.4. The van der Waals surface area contributed by atoms with Gasteiger partial charge in [-0.3, -0.25) is 9.59 Å². The van der Waals surface area contributed by atoms with E-state index in [9.17, 15) is 9.59 Å². The van der Waals surface area contributed by atoms with Crippen molar-refractivity contribution in [1.29, 1.82) is 0 Å². The number of Topliss-reactive ketones (excluding diaryl/α,β-unsaturated/α-hetero) is 2. The number of aromatic nitrogens is 3. The molecule has 162 valence electrons. The summed E-state index contributed by atoms with van der Waals surface area (Å²) in [6.45, 7) is 10.6. The van der Waals surface area contributed by atoms with Crippen LogP contribution in [0.4, 0.5) is 0 Å². The summed E-state index contributed by atoms with van der Waals surface area (Å²) in [4.78, 5) is 29.6. The van der Waals surface area contributed by atoms with E-state index in [-0.39, 0.29) is 23.4 Å². The van der Waals surface area contributed by atoms with Crippen molar-refractivity contribution in [3.8, 4) is 0 Å². The van der Waals surface area contributed by atoms with Gasteiger partial charge in [-0.05, 0) is 48.9 Å². The summed E-state index contributed by atoms with van der Waals surface area (Å²) >= 11 is 0. The van der Waals surface area contributed by atoms with Crippen LogP contribution < -0.4 is 0 Å². The molecule has 0 atom stereocenters. The predicted molar refractivity (Wildman–Crippen MR) is 128 cm³/mol. The van der Waals surface area contributed by atoms with Crippen LogP contribution in [0.1, 0.15) is 55.1 Å². The molecule has 0 fully saturated rings. The first-order valence-corrected chi connectivity index (χ1v) is 11.0. The van der Waals surface area contributed by atoms with Gasteiger partial charge in [-0.2, -0.15) is 5.10 Å². The lowest BCUT2D eigenvalue weighted by atomic mass is 9.88. The Morgan fingerprint density at radius 1 is 1.06 bits per heavy atom. The number of nitrogens with one attached hydrogen (secondary N) is 1. The van der Waals surface area contributed by atoms with Gasteiger partial charge in [0.25, 0.3) is 0 Å². The van der Waals surface area contributed by atoms with Crippen molar-refractivity contribution in [2.75, 3.05) is 0 Å². The highest BCUT2D eigenvalue weighted by molar-refractivity contribution is 6.52. The Balaban J connectivity index is 1.79. The molecule has 0 unspecified atom stereocenters. The van der Waals surface area contributed by atoms with Crippen LogP contribution in [-0.4, -0.2) is 26.2 Å². The number of aryl methyl sites for hydroxylation is 2. The lowest BCUT2D eigenvalue weighted by molar-refractivity contribution is -0.119. The highest BCUT2D eigenvalue weighted by atomic mass is 16.2. The first-order valence-electron chi connectivity index (χ1n) is 11.0. The molecule has 1 N–H and O–H groups in total. The van der Waals surface area contributed by atoms with Gasteiger partial charge in [0, 0.05) is 45.6 Å². The monoisotopic (exact) mass is 425 g/mol. The summed E-state index contributed by atoms with van der Waals surface area (Å²) < 4.78 is 1.82. The number of nitrogens with zero attached hydrogens (tertiary/aromatic N) is 2. The zero-order valence-corrected chi connectivity index (χ0v) is 19.2. The zero-order chi connectivity index (χ0) is 22.8. The molecule has 0 radical (unpaired) electrons. The first-order chi connectivity index (χ1) is 15.1. The number of rotatable bonds is 3. The number of benzene rings is 1. The molecule has 5 rings (SSSR count). The second-order valence-electron chi connectivity index (χ2n) is 10.0. The van der Waals surface area contributed by atoms with Crippen molar-refractivity contribution in [2.24, 2.45) is 5.41 Å². The molecule has 0 aliphatic heterocycles. The normalized spacial score (nSPS) is 15.0. The SMILES string of the molecule is Cc1nn2ccc(CC(C)(C)C)cc2c1C1=C(c2c[nH]c3c(C)cccc23)C(=O)CC1=O. The number of fused-ring (bicyclic) bond motifs is 2. The zero-order valence-electron chi connectivity index (χ0n) is 19.2. The Kier molecular flexibility index (Phi) is 4.48. The lowest BCUT2D eigenvalue weighted by Crippen LogP contribution is -2.09. The summed E-state index contributed by atoms with van der Waals surface area (Å²) in [6.07, 6.45) is 4.62. The van der Waals surface area contributed by atoms with Gasteiger partial charge in [-0.25, -0.2) is 4.52 Å². The second-order valence-corrected chi connectivity index (χ2v) is 10.0. The van der Waals surface area contributed by atoms with Crippen LogP contribution >= 0.6 is 0 Å². The minimum absolute atomic E-state index is 0.0956. The van der Waals surface area contributed by atoms with Crippen LogP contribution in [0.2, 0.25) is 0 Å². The summed E-state index contributed by atoms with van der Waals surface area (Å²) in [5.41, 5.74) is 7.61. The number of hydrogen-bond donors (Lipinski definition) is 1. The summed E-state index contributed by atoms with van der Waals surface area (Å²) in [7, 11) is 0. The van der Waals surface area contributed by atoms with E-state index in [1.165, 1.54) is 5.56 Å². The molecule has 1 aliphatic rings. The molecule has 4 aromatic rings. The number of hydrogen-bond acceptors (Lipinski definition) is 3. The van der Waals surface area contributed by atoms with Crippen molar-refractivity contribution in [1.82, 2.24) is 14.6 Å². The van der Waals surface area contributed by atoms with E-state index in [4.69, 9.17) is 0 Å². The van der Waals surface area contributed by atoms with Crippen LogP contribution in [0.3, 0.4) is 0 Å². The average molecular weight is 426 g/mol. The molecule has 32 heavy (non-hydrogen) atoms. The van der Waals surface area contributed by atoms with Gasteiger partial charge >= 0.3 is 0 Å². The molecule has 0 saturated carbocycles. The fourth-order valence-electron chi connectivity index (χ4n) is 4.90. The smallest absolute Gasteiger partial charge is 0.172 e. The number of ketones is 2. The molecule has 3 aromatic heterocycles. The van der Waals surface area contributed by atoms with Crippen LogP contribution in [-0.2, 0) is 16.0 Å². The van der Waals surface area contributed by atoms with Gasteiger partial charge in [0.2, 0.25) is 0 Å². The largest absolute Gasteiger partial charge is 0.360 e. The summed E-state index contributed by atoms with van der Waals surface area (Å²) in [6, 6.07) is 10.2. The number of aromatic amines is 1. The molecular formula is C27H27N3O2. The Labute approximate surface area is 187 Å². The number of para-hydroxylation sites is 1. The van der Waals surface area contributed by atoms with Crippen LogP contribution in [0.25, 0.3) is 27.6 Å². The molecule has 1 aliphatic carbocycles. The van der Waals surface area contributed by atoms with Gasteiger partial charge in [0.1, 0.15) is 0 Å². The highest BCUT2D eigenvalue weighted by Gasteiger charge is 2.36. The number of H-pyrrole nitrogens is 1. The fourth-order valence-corrected chi connectivity index (χ4v) is 4.90. The van der Waals surface area contributed by atoms with E-state index in [1.54, 1.807) is 0 Å². The van der Waals surface area contributed by atoms with Gasteiger partial charge in [0.05, 0.1) is 17.6 Å². The van der Waals surface area contributed by atoms with E-state index in [0.717, 1.165) is 45.2 Å². The topological polar surface area (TPSA) is 67.2 Å². The van der Waals surface area contributed by atoms with E-state index < -0.39 is 0 Å². The van der Waals surface area contributed by atoms with E-state index >= 15 is 0 Å². The predicted octanol–water partition coefficient (Wildman–Crippen LogP) is 5.47. The fraction of sp³-hybridized carbons (Fsp3) is 0.296. The minimum atomic E-state index is -0.133. The molecule has 1 aromatic carbocycles. The molecule has 3 heterocycles. The van der Waals surface area contributed by atoms with Crippen molar-refractivity contribution in [3.05, 3.63) is 70.7 Å². The molecule has 0 bridgehead atoms. The molecular weight excluding hydrogens is 398 g/mol.